The highest BCUT2D eigenvalue weighted by atomic mass is 16.6. The lowest BCUT2D eigenvalue weighted by atomic mass is 9.90. The summed E-state index contributed by atoms with van der Waals surface area (Å²) in [5, 5.41) is 27.2. The second-order valence-corrected chi connectivity index (χ2v) is 10.4. The van der Waals surface area contributed by atoms with Gasteiger partial charge in [0.1, 0.15) is 11.6 Å². The Morgan fingerprint density at radius 3 is 2.36 bits per heavy atom. The number of ether oxygens (including phenoxy) is 2. The Morgan fingerprint density at radius 1 is 0.949 bits per heavy atom. The van der Waals surface area contributed by atoms with Crippen molar-refractivity contribution in [2.45, 2.75) is 66.2 Å². The van der Waals surface area contributed by atoms with Crippen LogP contribution >= 0.6 is 0 Å². The van der Waals surface area contributed by atoms with Crippen molar-refractivity contribution in [2.75, 3.05) is 18.5 Å². The molecule has 0 saturated carbocycles. The van der Waals surface area contributed by atoms with Crippen molar-refractivity contribution in [2.24, 2.45) is 0 Å². The van der Waals surface area contributed by atoms with Gasteiger partial charge in [-0.05, 0) is 115 Å². The highest BCUT2D eigenvalue weighted by Gasteiger charge is 2.14. The van der Waals surface area contributed by atoms with Gasteiger partial charge in [0.2, 0.25) is 0 Å². The molecule has 0 fully saturated rings. The van der Waals surface area contributed by atoms with Crippen LogP contribution in [0.25, 0.3) is 11.1 Å². The molecule has 0 amide bonds. The third-order valence-corrected chi connectivity index (χ3v) is 6.71. The van der Waals surface area contributed by atoms with E-state index in [0.29, 0.717) is 19.6 Å². The molecule has 1 aromatic heterocycles. The van der Waals surface area contributed by atoms with Crippen LogP contribution in [-0.2, 0) is 24.1 Å². The Labute approximate surface area is 230 Å². The van der Waals surface area contributed by atoms with E-state index >= 15 is 0 Å². The van der Waals surface area contributed by atoms with E-state index in [1.165, 1.54) is 38.9 Å². The number of aromatic amines is 1. The zero-order valence-corrected chi connectivity index (χ0v) is 23.5. The van der Waals surface area contributed by atoms with Crippen molar-refractivity contribution >= 4 is 5.69 Å². The molecule has 0 unspecified atom stereocenters. The van der Waals surface area contributed by atoms with Crippen LogP contribution in [0.2, 0.25) is 0 Å². The second-order valence-electron chi connectivity index (χ2n) is 10.4. The van der Waals surface area contributed by atoms with Gasteiger partial charge >= 0.3 is 0 Å². The molecule has 0 bridgehead atoms. The summed E-state index contributed by atoms with van der Waals surface area (Å²) in [6.45, 7) is 11.5. The molecule has 0 saturated heterocycles. The molecule has 8 heteroatoms. The van der Waals surface area contributed by atoms with Crippen LogP contribution in [0.15, 0.2) is 54.6 Å². The fourth-order valence-electron chi connectivity index (χ4n) is 4.68. The van der Waals surface area contributed by atoms with Gasteiger partial charge in [-0.15, -0.1) is 5.10 Å². The number of aliphatic hydroxyl groups is 1. The number of anilines is 1. The molecule has 0 aliphatic rings. The van der Waals surface area contributed by atoms with Gasteiger partial charge in [0.25, 0.3) is 0 Å². The minimum Gasteiger partial charge on any atom is -0.493 e. The van der Waals surface area contributed by atoms with Crippen LogP contribution in [0.4, 0.5) is 5.69 Å². The first-order valence-electron chi connectivity index (χ1n) is 13.4. The number of hydrogen-bond donors (Lipinski definition) is 3. The highest BCUT2D eigenvalue weighted by Crippen LogP contribution is 2.34. The van der Waals surface area contributed by atoms with Gasteiger partial charge in [0.05, 0.1) is 13.2 Å². The maximum Gasteiger partial charge on any atom is 0.159 e. The SMILES string of the molecule is Cc1cc(OCCCOC(C)(C)O)cc(C)c1-c1cccc(CNc2ccc(CCc3nnn[nH]3)cc2)c1C. The standard InChI is InChI=1S/C31H39N5O3/c1-21-18-27(38-16-7-17-39-31(4,5)37)19-22(2)30(21)28-9-6-8-25(23(28)3)20-32-26-13-10-24(11-14-26)12-15-29-33-35-36-34-29/h6,8-11,13-14,18-19,32,37H,7,12,15-17,20H2,1-5H3,(H,33,34,35,36). The summed E-state index contributed by atoms with van der Waals surface area (Å²) >= 11 is 0. The molecule has 0 aliphatic carbocycles. The molecule has 206 valence electrons. The van der Waals surface area contributed by atoms with E-state index in [-0.39, 0.29) is 0 Å². The molecule has 0 spiro atoms. The number of aryl methyl sites for hydroxylation is 4. The summed E-state index contributed by atoms with van der Waals surface area (Å²) in [6.07, 6.45) is 2.38. The molecule has 0 aliphatic heterocycles. The average molecular weight is 530 g/mol. The lowest BCUT2D eigenvalue weighted by Gasteiger charge is -2.19. The number of H-pyrrole nitrogens is 1. The number of nitrogens with one attached hydrogen (secondary N) is 2. The van der Waals surface area contributed by atoms with Gasteiger partial charge in [0, 0.05) is 25.1 Å². The highest BCUT2D eigenvalue weighted by molar-refractivity contribution is 5.75. The van der Waals surface area contributed by atoms with Crippen LogP contribution in [0.1, 0.15) is 53.9 Å². The summed E-state index contributed by atoms with van der Waals surface area (Å²) in [5.41, 5.74) is 9.73. The summed E-state index contributed by atoms with van der Waals surface area (Å²) in [7, 11) is 0. The first kappa shape index (κ1) is 28.3. The minimum atomic E-state index is -1.11. The van der Waals surface area contributed by atoms with Crippen molar-refractivity contribution in [3.8, 4) is 16.9 Å². The fourth-order valence-corrected chi connectivity index (χ4v) is 4.68. The molecule has 1 heterocycles. The lowest BCUT2D eigenvalue weighted by molar-refractivity contribution is -0.176. The van der Waals surface area contributed by atoms with E-state index in [9.17, 15) is 5.11 Å². The summed E-state index contributed by atoms with van der Waals surface area (Å²) in [6, 6.07) is 19.2. The Morgan fingerprint density at radius 2 is 1.69 bits per heavy atom. The quantitative estimate of drug-likeness (QED) is 0.151. The van der Waals surface area contributed by atoms with Gasteiger partial charge in [0.15, 0.2) is 5.79 Å². The third kappa shape index (κ3) is 8.12. The fraction of sp³-hybridized carbons (Fsp3) is 0.387. The molecule has 39 heavy (non-hydrogen) atoms. The number of benzene rings is 3. The normalized spacial score (nSPS) is 11.5. The predicted octanol–water partition coefficient (Wildman–Crippen LogP) is 5.70. The molecule has 8 nitrogen and oxygen atoms in total. The van der Waals surface area contributed by atoms with Gasteiger partial charge in [-0.2, -0.15) is 0 Å². The van der Waals surface area contributed by atoms with E-state index in [2.05, 4.69) is 101 Å². The van der Waals surface area contributed by atoms with Gasteiger partial charge < -0.3 is 19.9 Å². The van der Waals surface area contributed by atoms with Crippen molar-refractivity contribution in [3.63, 3.8) is 0 Å². The molecular weight excluding hydrogens is 490 g/mol. The second kappa shape index (κ2) is 12.9. The van der Waals surface area contributed by atoms with Crippen molar-refractivity contribution in [1.29, 1.82) is 0 Å². The first-order valence-corrected chi connectivity index (χ1v) is 13.4. The average Bonchev–Trinajstić information content (AvgIpc) is 3.41. The molecule has 0 atom stereocenters. The molecule has 4 rings (SSSR count). The van der Waals surface area contributed by atoms with E-state index in [1.54, 1.807) is 13.8 Å². The van der Waals surface area contributed by atoms with Crippen molar-refractivity contribution < 1.29 is 14.6 Å². The lowest BCUT2D eigenvalue weighted by Crippen LogP contribution is -2.24. The maximum atomic E-state index is 9.66. The molecule has 4 aromatic rings. The van der Waals surface area contributed by atoms with Gasteiger partial charge in [-0.3, -0.25) is 0 Å². The summed E-state index contributed by atoms with van der Waals surface area (Å²) in [4.78, 5) is 0. The van der Waals surface area contributed by atoms with Gasteiger partial charge in [-0.25, -0.2) is 5.10 Å². The van der Waals surface area contributed by atoms with E-state index < -0.39 is 5.79 Å². The van der Waals surface area contributed by atoms with Crippen molar-refractivity contribution in [3.05, 3.63) is 88.2 Å². The predicted molar refractivity (Wildman–Crippen MR) is 154 cm³/mol. The Balaban J connectivity index is 1.37. The Kier molecular flexibility index (Phi) is 9.32. The summed E-state index contributed by atoms with van der Waals surface area (Å²) in [5.74, 6) is 0.543. The number of rotatable bonds is 13. The van der Waals surface area contributed by atoms with Crippen LogP contribution in [0, 0.1) is 20.8 Å². The number of tetrazole rings is 1. The van der Waals surface area contributed by atoms with Crippen LogP contribution in [0.3, 0.4) is 0 Å². The zero-order chi connectivity index (χ0) is 27.8. The zero-order valence-electron chi connectivity index (χ0n) is 23.5. The molecule has 3 aromatic carbocycles. The van der Waals surface area contributed by atoms with Gasteiger partial charge in [-0.1, -0.05) is 30.3 Å². The van der Waals surface area contributed by atoms with E-state index in [1.807, 2.05) is 0 Å². The Hall–Kier alpha value is -3.75. The smallest absolute Gasteiger partial charge is 0.159 e. The van der Waals surface area contributed by atoms with Crippen LogP contribution < -0.4 is 10.1 Å². The monoisotopic (exact) mass is 529 g/mol. The minimum absolute atomic E-state index is 0.450. The van der Waals surface area contributed by atoms with Crippen LogP contribution in [-0.4, -0.2) is 44.7 Å². The van der Waals surface area contributed by atoms with Crippen molar-refractivity contribution in [1.82, 2.24) is 20.6 Å². The number of nitrogens with zero attached hydrogens (tertiary/aromatic N) is 3. The molecule has 3 N–H and O–H groups in total. The van der Waals surface area contributed by atoms with E-state index in [0.717, 1.165) is 36.6 Å². The molecule has 0 radical (unpaired) electrons. The number of hydrogen-bond acceptors (Lipinski definition) is 7. The number of aromatic nitrogens is 4. The Bertz CT molecular complexity index is 1320. The topological polar surface area (TPSA) is 105 Å². The third-order valence-electron chi connectivity index (χ3n) is 6.71. The van der Waals surface area contributed by atoms with Crippen LogP contribution in [0.5, 0.6) is 5.75 Å². The summed E-state index contributed by atoms with van der Waals surface area (Å²) < 4.78 is 11.3. The van der Waals surface area contributed by atoms with E-state index in [4.69, 9.17) is 9.47 Å². The molecular formula is C31H39N5O3. The largest absolute Gasteiger partial charge is 0.493 e. The maximum absolute atomic E-state index is 9.66. The first-order chi connectivity index (χ1) is 18.7.